The summed E-state index contributed by atoms with van der Waals surface area (Å²) in [4.78, 5) is 8.56. The molecule has 0 spiro atoms. The Labute approximate surface area is 370 Å². The van der Waals surface area contributed by atoms with E-state index >= 15 is 0 Å². The van der Waals surface area contributed by atoms with Crippen LogP contribution in [0.1, 0.15) is 26.3 Å². The summed E-state index contributed by atoms with van der Waals surface area (Å²) < 4.78 is 67.6. The standard InChI is InChI=1S/C52H35F4N4O.Pt/c1-52(2,3)34-20-21-57-50(26-34)60-46-15-5-4-12-44(46)45-19-18-41(30-49(45)60)61-40-11-8-10-39(29-40)58-31-59(48-17-7-6-16-47(48)58)51-42(32-22-35(53)27-36(54)23-32)13-9-14-43(51)33-24-37(55)28-38(56)25-33;/h4-28,31H,1-3H3;/q-3;. The first-order chi connectivity index (χ1) is 29.5. The van der Waals surface area contributed by atoms with E-state index in [0.29, 0.717) is 39.7 Å². The molecule has 0 bridgehead atoms. The van der Waals surface area contributed by atoms with Crippen molar-refractivity contribution in [3.05, 3.63) is 199 Å². The third kappa shape index (κ3) is 7.41. The molecule has 7 aromatic carbocycles. The van der Waals surface area contributed by atoms with Crippen LogP contribution in [0.4, 0.5) is 40.3 Å². The van der Waals surface area contributed by atoms with Gasteiger partial charge in [0, 0.05) is 84.6 Å². The van der Waals surface area contributed by atoms with E-state index in [-0.39, 0.29) is 37.6 Å². The van der Waals surface area contributed by atoms with Crippen molar-refractivity contribution < 1.29 is 43.4 Å². The van der Waals surface area contributed by atoms with Crippen LogP contribution in [0.5, 0.6) is 11.5 Å². The van der Waals surface area contributed by atoms with Crippen molar-refractivity contribution in [2.24, 2.45) is 0 Å². The largest absolute Gasteiger partial charge is 0.509 e. The van der Waals surface area contributed by atoms with Gasteiger partial charge in [-0.3, -0.25) is 0 Å². The van der Waals surface area contributed by atoms with Gasteiger partial charge in [-0.25, -0.2) is 22.5 Å². The van der Waals surface area contributed by atoms with Crippen LogP contribution < -0.4 is 14.5 Å². The number of anilines is 4. The molecule has 1 aliphatic rings. The van der Waals surface area contributed by atoms with E-state index in [1.165, 1.54) is 24.3 Å². The zero-order valence-electron chi connectivity index (χ0n) is 33.5. The number of para-hydroxylation sites is 4. The van der Waals surface area contributed by atoms with E-state index in [1.54, 1.807) is 18.2 Å². The summed E-state index contributed by atoms with van der Waals surface area (Å²) in [5.41, 5.74) is 6.84. The molecule has 3 heterocycles. The van der Waals surface area contributed by atoms with E-state index < -0.39 is 23.3 Å². The molecule has 0 atom stereocenters. The van der Waals surface area contributed by atoms with Gasteiger partial charge in [-0.1, -0.05) is 74.8 Å². The first-order valence-electron chi connectivity index (χ1n) is 19.7. The van der Waals surface area contributed by atoms with Crippen molar-refractivity contribution in [2.45, 2.75) is 26.2 Å². The maximum Gasteiger partial charge on any atom is 0.135 e. The summed E-state index contributed by atoms with van der Waals surface area (Å²) in [5.74, 6) is -1.34. The Balaban J connectivity index is 0.00000490. The average Bonchev–Trinajstić information content (AvgIpc) is 3.78. The second-order valence-electron chi connectivity index (χ2n) is 16.0. The van der Waals surface area contributed by atoms with Crippen molar-refractivity contribution in [1.82, 2.24) is 9.55 Å². The van der Waals surface area contributed by atoms with Gasteiger partial charge in [0.15, 0.2) is 0 Å². The van der Waals surface area contributed by atoms with Crippen LogP contribution in [0.2, 0.25) is 0 Å². The Morgan fingerprint density at radius 3 is 1.84 bits per heavy atom. The van der Waals surface area contributed by atoms with E-state index in [1.807, 2.05) is 95.5 Å². The number of aromatic nitrogens is 2. The molecule has 0 amide bonds. The molecule has 0 saturated carbocycles. The molecule has 5 nitrogen and oxygen atoms in total. The number of nitrogens with zero attached hydrogens (tertiary/aromatic N) is 4. The third-order valence-electron chi connectivity index (χ3n) is 10.9. The summed E-state index contributed by atoms with van der Waals surface area (Å²) in [6, 6.07) is 48.1. The minimum absolute atomic E-state index is 0. The molecule has 10 rings (SSSR count). The fraction of sp³-hybridized carbons (Fsp3) is 0.0769. The van der Waals surface area contributed by atoms with Crippen LogP contribution in [0, 0.1) is 42.1 Å². The Morgan fingerprint density at radius 1 is 0.581 bits per heavy atom. The van der Waals surface area contributed by atoms with Crippen LogP contribution in [0.15, 0.2) is 152 Å². The van der Waals surface area contributed by atoms with Gasteiger partial charge < -0.3 is 19.1 Å². The van der Waals surface area contributed by atoms with Crippen molar-refractivity contribution in [1.29, 1.82) is 0 Å². The van der Waals surface area contributed by atoms with Crippen LogP contribution in [-0.4, -0.2) is 9.55 Å². The molecule has 0 radical (unpaired) electrons. The minimum atomic E-state index is -0.758. The third-order valence-corrected chi connectivity index (χ3v) is 10.9. The van der Waals surface area contributed by atoms with Gasteiger partial charge >= 0.3 is 0 Å². The summed E-state index contributed by atoms with van der Waals surface area (Å²) in [7, 11) is 0. The van der Waals surface area contributed by atoms with Crippen LogP contribution >= 0.6 is 0 Å². The Morgan fingerprint density at radius 2 is 1.18 bits per heavy atom. The molecule has 10 heteroatoms. The molecule has 0 unspecified atom stereocenters. The maximum atomic E-state index is 14.8. The minimum Gasteiger partial charge on any atom is -0.509 e. The molecule has 9 aromatic rings. The van der Waals surface area contributed by atoms with Crippen LogP contribution in [-0.2, 0) is 26.5 Å². The second kappa shape index (κ2) is 16.0. The van der Waals surface area contributed by atoms with Crippen LogP contribution in [0.25, 0.3) is 49.9 Å². The van der Waals surface area contributed by atoms with Gasteiger partial charge in [0.2, 0.25) is 0 Å². The zero-order valence-corrected chi connectivity index (χ0v) is 35.8. The fourth-order valence-corrected chi connectivity index (χ4v) is 8.10. The normalized spacial score (nSPS) is 12.5. The summed E-state index contributed by atoms with van der Waals surface area (Å²) in [5, 5.41) is 2.08. The van der Waals surface area contributed by atoms with Crippen molar-refractivity contribution in [2.75, 3.05) is 9.80 Å². The average molecular weight is 1000 g/mol. The Hall–Kier alpha value is -6.70. The molecular weight excluding hydrogens is 968 g/mol. The SMILES string of the molecule is CC(C)(C)c1ccnc(-n2c3[c-]c(Oc4[c-]c(N5[CH-]N(c6c(-c7cc(F)cc(F)c7)cccc6-c6cc(F)cc(F)c6)c6ccccc65)ccc4)ccc3c3ccccc32)c1.[Pt]. The molecule has 2 aromatic heterocycles. The monoisotopic (exact) mass is 1000 g/mol. The predicted octanol–water partition coefficient (Wildman–Crippen LogP) is 14.2. The summed E-state index contributed by atoms with van der Waals surface area (Å²) in [6.07, 6.45) is 1.84. The first-order valence-corrected chi connectivity index (χ1v) is 19.7. The number of rotatable bonds is 7. The first kappa shape index (κ1) is 40.7. The summed E-state index contributed by atoms with van der Waals surface area (Å²) >= 11 is 0. The number of benzene rings is 7. The van der Waals surface area contributed by atoms with Crippen molar-refractivity contribution in [3.8, 4) is 39.6 Å². The second-order valence-corrected chi connectivity index (χ2v) is 16.0. The van der Waals surface area contributed by atoms with E-state index in [2.05, 4.69) is 55.7 Å². The van der Waals surface area contributed by atoms with Gasteiger partial charge in [0.1, 0.15) is 29.1 Å². The quantitative estimate of drug-likeness (QED) is 0.118. The van der Waals surface area contributed by atoms with Gasteiger partial charge in [-0.2, -0.15) is 12.1 Å². The maximum absolute atomic E-state index is 14.8. The Kier molecular flexibility index (Phi) is 10.5. The number of fused-ring (bicyclic) bond motifs is 4. The van der Waals surface area contributed by atoms with Gasteiger partial charge in [-0.15, -0.1) is 48.1 Å². The van der Waals surface area contributed by atoms with E-state index in [0.717, 1.165) is 51.0 Å². The molecule has 310 valence electrons. The number of hydrogen-bond acceptors (Lipinski definition) is 4. The predicted molar refractivity (Wildman–Crippen MR) is 234 cm³/mol. The van der Waals surface area contributed by atoms with Gasteiger partial charge in [0.05, 0.1) is 0 Å². The van der Waals surface area contributed by atoms with Gasteiger partial charge in [-0.05, 0) is 82.1 Å². The molecule has 0 aliphatic carbocycles. The van der Waals surface area contributed by atoms with Crippen molar-refractivity contribution in [3.63, 3.8) is 0 Å². The van der Waals surface area contributed by atoms with E-state index in [4.69, 9.17) is 9.72 Å². The fourth-order valence-electron chi connectivity index (χ4n) is 8.10. The smallest absolute Gasteiger partial charge is 0.135 e. The number of hydrogen-bond donors (Lipinski definition) is 0. The van der Waals surface area contributed by atoms with Crippen LogP contribution in [0.3, 0.4) is 0 Å². The van der Waals surface area contributed by atoms with Crippen molar-refractivity contribution >= 4 is 44.6 Å². The molecule has 1 aliphatic heterocycles. The molecule has 0 saturated heterocycles. The Bertz CT molecular complexity index is 3070. The molecule has 0 N–H and O–H groups in total. The zero-order chi connectivity index (χ0) is 42.0. The molecular formula is C52H35F4N4OPt-3. The molecule has 0 fully saturated rings. The number of ether oxygens (including phenoxy) is 1. The van der Waals surface area contributed by atoms with E-state index in [9.17, 15) is 17.6 Å². The number of pyridine rings is 1. The molecule has 62 heavy (non-hydrogen) atoms. The summed E-state index contributed by atoms with van der Waals surface area (Å²) in [6.45, 7) is 8.36. The topological polar surface area (TPSA) is 33.5 Å². The van der Waals surface area contributed by atoms with Gasteiger partial charge in [0.25, 0.3) is 0 Å². The number of halogens is 4.